The largest absolute Gasteiger partial charge is 0.382 e. The van der Waals surface area contributed by atoms with Gasteiger partial charge in [0.2, 0.25) is 6.41 Å². The second-order valence-corrected chi connectivity index (χ2v) is 3.27. The Kier molecular flexibility index (Phi) is 4.55. The predicted octanol–water partition coefficient (Wildman–Crippen LogP) is 1.75. The van der Waals surface area contributed by atoms with Crippen molar-refractivity contribution in [2.45, 2.75) is 25.3 Å². The standard InChI is InChI=1S/C10H13N.CH3NO/c1-2-5-9(6-3-1)11-10-7-4-8-10;2-1-3/h1-3,5-6,10-11H,4,7-8H2;1H,(H2,2,3). The van der Waals surface area contributed by atoms with Crippen molar-refractivity contribution in [1.29, 1.82) is 0 Å². The lowest BCUT2D eigenvalue weighted by Crippen LogP contribution is -2.26. The molecule has 1 aliphatic rings. The van der Waals surface area contributed by atoms with Crippen LogP contribution in [-0.4, -0.2) is 12.5 Å². The third-order valence-electron chi connectivity index (χ3n) is 2.25. The van der Waals surface area contributed by atoms with E-state index in [4.69, 9.17) is 4.79 Å². The minimum absolute atomic E-state index is 0.250. The number of carbonyl (C=O) groups is 1. The van der Waals surface area contributed by atoms with E-state index in [0.29, 0.717) is 0 Å². The van der Waals surface area contributed by atoms with E-state index in [1.807, 2.05) is 6.07 Å². The van der Waals surface area contributed by atoms with E-state index in [0.717, 1.165) is 6.04 Å². The van der Waals surface area contributed by atoms with Crippen LogP contribution >= 0.6 is 0 Å². The fourth-order valence-electron chi connectivity index (χ4n) is 1.32. The molecule has 3 N–H and O–H groups in total. The molecular formula is C11H16N2O. The van der Waals surface area contributed by atoms with Gasteiger partial charge in [0.05, 0.1) is 0 Å². The van der Waals surface area contributed by atoms with E-state index in [9.17, 15) is 0 Å². The summed E-state index contributed by atoms with van der Waals surface area (Å²) in [6, 6.07) is 11.2. The first-order valence-corrected chi connectivity index (χ1v) is 4.83. The minimum Gasteiger partial charge on any atom is -0.382 e. The van der Waals surface area contributed by atoms with Gasteiger partial charge in [-0.15, -0.1) is 0 Å². The van der Waals surface area contributed by atoms with Crippen molar-refractivity contribution in [1.82, 2.24) is 0 Å². The van der Waals surface area contributed by atoms with Crippen molar-refractivity contribution in [2.24, 2.45) is 5.73 Å². The third-order valence-corrected chi connectivity index (χ3v) is 2.25. The zero-order valence-electron chi connectivity index (χ0n) is 8.15. The molecule has 14 heavy (non-hydrogen) atoms. The average molecular weight is 192 g/mol. The number of primary amides is 1. The maximum Gasteiger partial charge on any atom is 0.204 e. The van der Waals surface area contributed by atoms with Gasteiger partial charge in [-0.25, -0.2) is 0 Å². The van der Waals surface area contributed by atoms with Crippen LogP contribution in [0.1, 0.15) is 19.3 Å². The van der Waals surface area contributed by atoms with Gasteiger partial charge < -0.3 is 11.1 Å². The van der Waals surface area contributed by atoms with Gasteiger partial charge >= 0.3 is 0 Å². The zero-order valence-corrected chi connectivity index (χ0v) is 8.15. The van der Waals surface area contributed by atoms with Gasteiger partial charge in [-0.1, -0.05) is 18.2 Å². The maximum atomic E-state index is 8.58. The quantitative estimate of drug-likeness (QED) is 0.701. The van der Waals surface area contributed by atoms with Crippen LogP contribution in [0, 0.1) is 0 Å². The SMILES string of the molecule is NC=O.c1ccc(NC2CCC2)cc1. The van der Waals surface area contributed by atoms with Crippen LogP contribution in [0.3, 0.4) is 0 Å². The molecule has 1 amide bonds. The molecule has 0 bridgehead atoms. The Morgan fingerprint density at radius 2 is 1.86 bits per heavy atom. The Hall–Kier alpha value is -1.51. The predicted molar refractivity (Wildman–Crippen MR) is 58.0 cm³/mol. The molecule has 0 aromatic heterocycles. The van der Waals surface area contributed by atoms with Crippen molar-refractivity contribution < 1.29 is 4.79 Å². The van der Waals surface area contributed by atoms with Crippen LogP contribution in [0.5, 0.6) is 0 Å². The highest BCUT2D eigenvalue weighted by molar-refractivity contribution is 5.43. The minimum atomic E-state index is 0.250. The van der Waals surface area contributed by atoms with Gasteiger partial charge in [-0.3, -0.25) is 4.79 Å². The summed E-state index contributed by atoms with van der Waals surface area (Å²) in [5.74, 6) is 0. The Balaban J connectivity index is 0.000000293. The van der Waals surface area contributed by atoms with Gasteiger partial charge in [0, 0.05) is 11.7 Å². The number of para-hydroxylation sites is 1. The smallest absolute Gasteiger partial charge is 0.204 e. The molecule has 1 saturated carbocycles. The first-order valence-electron chi connectivity index (χ1n) is 4.83. The van der Waals surface area contributed by atoms with Gasteiger partial charge in [0.1, 0.15) is 0 Å². The highest BCUT2D eigenvalue weighted by atomic mass is 16.1. The lowest BCUT2D eigenvalue weighted by Gasteiger charge is -2.27. The number of amides is 1. The lowest BCUT2D eigenvalue weighted by molar-refractivity contribution is -0.106. The molecule has 0 spiro atoms. The fourth-order valence-corrected chi connectivity index (χ4v) is 1.32. The molecule has 1 aromatic carbocycles. The molecule has 2 rings (SSSR count). The zero-order chi connectivity index (χ0) is 10.2. The molecule has 1 aliphatic carbocycles. The molecule has 1 fully saturated rings. The van der Waals surface area contributed by atoms with Gasteiger partial charge in [-0.05, 0) is 31.4 Å². The number of rotatable bonds is 2. The molecule has 0 atom stereocenters. The average Bonchev–Trinajstić information content (AvgIpc) is 2.15. The molecule has 3 nitrogen and oxygen atoms in total. The summed E-state index contributed by atoms with van der Waals surface area (Å²) in [6.07, 6.45) is 4.33. The number of benzene rings is 1. The molecule has 0 radical (unpaired) electrons. The molecular weight excluding hydrogens is 176 g/mol. The molecule has 0 unspecified atom stereocenters. The van der Waals surface area contributed by atoms with E-state index in [-0.39, 0.29) is 6.41 Å². The molecule has 0 saturated heterocycles. The molecule has 0 heterocycles. The van der Waals surface area contributed by atoms with Crippen molar-refractivity contribution in [3.8, 4) is 0 Å². The normalized spacial score (nSPS) is 14.6. The van der Waals surface area contributed by atoms with E-state index in [1.54, 1.807) is 0 Å². The third kappa shape index (κ3) is 3.47. The summed E-state index contributed by atoms with van der Waals surface area (Å²) in [5.41, 5.74) is 5.43. The number of anilines is 1. The Bertz CT molecular complexity index is 257. The second-order valence-electron chi connectivity index (χ2n) is 3.27. The first kappa shape index (κ1) is 10.6. The van der Waals surface area contributed by atoms with E-state index in [2.05, 4.69) is 35.3 Å². The summed E-state index contributed by atoms with van der Waals surface area (Å²) < 4.78 is 0. The van der Waals surface area contributed by atoms with Crippen LogP contribution in [-0.2, 0) is 4.79 Å². The van der Waals surface area contributed by atoms with Gasteiger partial charge in [0.15, 0.2) is 0 Å². The van der Waals surface area contributed by atoms with Crippen LogP contribution in [0.15, 0.2) is 30.3 Å². The van der Waals surface area contributed by atoms with Gasteiger partial charge in [0.25, 0.3) is 0 Å². The summed E-state index contributed by atoms with van der Waals surface area (Å²) >= 11 is 0. The summed E-state index contributed by atoms with van der Waals surface area (Å²) in [5, 5.41) is 3.48. The van der Waals surface area contributed by atoms with Crippen molar-refractivity contribution >= 4 is 12.1 Å². The fraction of sp³-hybridized carbons (Fsp3) is 0.364. The highest BCUT2D eigenvalue weighted by Gasteiger charge is 2.15. The first-order chi connectivity index (χ1) is 6.86. The van der Waals surface area contributed by atoms with E-state index >= 15 is 0 Å². The van der Waals surface area contributed by atoms with Crippen LogP contribution in [0.25, 0.3) is 0 Å². The summed E-state index contributed by atoms with van der Waals surface area (Å²) in [4.78, 5) is 8.58. The topological polar surface area (TPSA) is 55.1 Å². The Morgan fingerprint density at radius 3 is 2.29 bits per heavy atom. The van der Waals surface area contributed by atoms with Gasteiger partial charge in [-0.2, -0.15) is 0 Å². The number of carbonyl (C=O) groups excluding carboxylic acids is 1. The second kappa shape index (κ2) is 6.02. The lowest BCUT2D eigenvalue weighted by atomic mass is 9.93. The monoisotopic (exact) mass is 192 g/mol. The molecule has 3 heteroatoms. The summed E-state index contributed by atoms with van der Waals surface area (Å²) in [7, 11) is 0. The number of hydrogen-bond acceptors (Lipinski definition) is 2. The number of hydrogen-bond donors (Lipinski definition) is 2. The van der Waals surface area contributed by atoms with E-state index < -0.39 is 0 Å². The van der Waals surface area contributed by atoms with Crippen molar-refractivity contribution in [3.05, 3.63) is 30.3 Å². The van der Waals surface area contributed by atoms with Crippen LogP contribution < -0.4 is 11.1 Å². The molecule has 0 aliphatic heterocycles. The Morgan fingerprint density at radius 1 is 1.29 bits per heavy atom. The molecule has 76 valence electrons. The summed E-state index contributed by atoms with van der Waals surface area (Å²) in [6.45, 7) is 0. The molecule has 1 aromatic rings. The highest BCUT2D eigenvalue weighted by Crippen LogP contribution is 2.22. The van der Waals surface area contributed by atoms with E-state index in [1.165, 1.54) is 24.9 Å². The number of nitrogens with one attached hydrogen (secondary N) is 1. The van der Waals surface area contributed by atoms with Crippen molar-refractivity contribution in [2.75, 3.05) is 5.32 Å². The van der Waals surface area contributed by atoms with Crippen molar-refractivity contribution in [3.63, 3.8) is 0 Å². The maximum absolute atomic E-state index is 8.58. The van der Waals surface area contributed by atoms with Crippen LogP contribution in [0.4, 0.5) is 5.69 Å². The van der Waals surface area contributed by atoms with Crippen LogP contribution in [0.2, 0.25) is 0 Å². The Labute approximate surface area is 84.3 Å². The number of nitrogens with two attached hydrogens (primary N) is 1.